The van der Waals surface area contributed by atoms with Gasteiger partial charge >= 0.3 is 0 Å². The number of likely N-dealkylation sites (N-methyl/N-ethyl adjacent to an activating group) is 1. The molecule has 0 aliphatic carbocycles. The van der Waals surface area contributed by atoms with Gasteiger partial charge in [-0.1, -0.05) is 6.07 Å². The minimum Gasteiger partial charge on any atom is -0.354 e. The van der Waals surface area contributed by atoms with Crippen LogP contribution >= 0.6 is 0 Å². The summed E-state index contributed by atoms with van der Waals surface area (Å²) in [7, 11) is 2.10. The average molecular weight is 400 g/mol. The Morgan fingerprint density at radius 2 is 1.72 bits per heavy atom. The predicted octanol–water partition coefficient (Wildman–Crippen LogP) is 3.13. The number of carbonyl (C=O) groups is 1. The van der Waals surface area contributed by atoms with E-state index in [0.717, 1.165) is 38.1 Å². The molecule has 2 aliphatic heterocycles. The van der Waals surface area contributed by atoms with Crippen molar-refractivity contribution in [2.24, 2.45) is 0 Å². The first-order chi connectivity index (χ1) is 14.0. The number of piperazine rings is 1. The third-order valence-electron chi connectivity index (χ3n) is 5.96. The number of anilines is 1. The van der Waals surface area contributed by atoms with Gasteiger partial charge < -0.3 is 14.7 Å². The number of pyridine rings is 1. The highest BCUT2D eigenvalue weighted by atomic mass is 19.1. The topological polar surface area (TPSA) is 39.7 Å². The summed E-state index contributed by atoms with van der Waals surface area (Å²) < 4.78 is 27.6. The predicted molar refractivity (Wildman–Crippen MR) is 108 cm³/mol. The van der Waals surface area contributed by atoms with Crippen molar-refractivity contribution in [2.75, 3.05) is 51.2 Å². The summed E-state index contributed by atoms with van der Waals surface area (Å²) in [6.45, 7) is 4.77. The largest absolute Gasteiger partial charge is 0.354 e. The molecule has 0 bridgehead atoms. The maximum Gasteiger partial charge on any atom is 0.272 e. The molecule has 0 spiro atoms. The van der Waals surface area contributed by atoms with E-state index in [9.17, 15) is 13.6 Å². The van der Waals surface area contributed by atoms with Gasteiger partial charge in [0.05, 0.1) is 0 Å². The Hall–Kier alpha value is -2.54. The number of aromatic nitrogens is 1. The summed E-state index contributed by atoms with van der Waals surface area (Å²) in [6.07, 6.45) is 1.23. The highest BCUT2D eigenvalue weighted by Crippen LogP contribution is 2.31. The van der Waals surface area contributed by atoms with Crippen molar-refractivity contribution in [1.29, 1.82) is 0 Å². The van der Waals surface area contributed by atoms with Crippen LogP contribution in [-0.4, -0.2) is 67.0 Å². The average Bonchev–Trinajstić information content (AvgIpc) is 2.76. The molecule has 0 unspecified atom stereocenters. The van der Waals surface area contributed by atoms with Crippen LogP contribution in [0.5, 0.6) is 0 Å². The van der Waals surface area contributed by atoms with Crippen LogP contribution in [-0.2, 0) is 0 Å². The van der Waals surface area contributed by atoms with Gasteiger partial charge in [-0.2, -0.15) is 0 Å². The molecule has 2 aromatic rings. The van der Waals surface area contributed by atoms with Crippen molar-refractivity contribution in [2.45, 2.75) is 18.8 Å². The van der Waals surface area contributed by atoms with Gasteiger partial charge in [0.15, 0.2) is 0 Å². The molecule has 0 radical (unpaired) electrons. The maximum absolute atomic E-state index is 14.1. The number of hydrogen-bond donors (Lipinski definition) is 0. The summed E-state index contributed by atoms with van der Waals surface area (Å²) in [6, 6.07) is 9.16. The number of benzene rings is 1. The number of amides is 1. The molecule has 1 amide bonds. The van der Waals surface area contributed by atoms with Gasteiger partial charge in [-0.3, -0.25) is 4.79 Å². The first kappa shape index (κ1) is 19.8. The molecular formula is C22H26F2N4O. The number of hydrogen-bond acceptors (Lipinski definition) is 4. The van der Waals surface area contributed by atoms with E-state index >= 15 is 0 Å². The van der Waals surface area contributed by atoms with Gasteiger partial charge in [0.25, 0.3) is 5.91 Å². The fourth-order valence-electron chi connectivity index (χ4n) is 4.14. The highest BCUT2D eigenvalue weighted by molar-refractivity contribution is 5.92. The summed E-state index contributed by atoms with van der Waals surface area (Å²) in [4.78, 5) is 23.8. The molecular weight excluding hydrogens is 374 g/mol. The molecule has 0 N–H and O–H groups in total. The first-order valence-electron chi connectivity index (χ1n) is 10.2. The van der Waals surface area contributed by atoms with Crippen LogP contribution < -0.4 is 4.90 Å². The van der Waals surface area contributed by atoms with E-state index in [1.165, 1.54) is 12.1 Å². The molecule has 2 saturated heterocycles. The van der Waals surface area contributed by atoms with Crippen molar-refractivity contribution in [3.8, 4) is 0 Å². The van der Waals surface area contributed by atoms with Crippen molar-refractivity contribution < 1.29 is 13.6 Å². The monoisotopic (exact) mass is 400 g/mol. The molecule has 0 saturated carbocycles. The van der Waals surface area contributed by atoms with Crippen LogP contribution in [0.3, 0.4) is 0 Å². The Morgan fingerprint density at radius 3 is 2.45 bits per heavy atom. The number of halogens is 2. The quantitative estimate of drug-likeness (QED) is 0.794. The van der Waals surface area contributed by atoms with E-state index in [0.29, 0.717) is 37.2 Å². The van der Waals surface area contributed by atoms with E-state index in [1.807, 2.05) is 12.1 Å². The third kappa shape index (κ3) is 4.40. The second kappa shape index (κ2) is 8.45. The molecule has 0 atom stereocenters. The number of rotatable bonds is 3. The van der Waals surface area contributed by atoms with E-state index in [-0.39, 0.29) is 17.6 Å². The molecule has 3 heterocycles. The van der Waals surface area contributed by atoms with Crippen molar-refractivity contribution >= 4 is 11.7 Å². The van der Waals surface area contributed by atoms with Crippen LogP contribution in [0.25, 0.3) is 0 Å². The standard InChI is InChI=1S/C22H26F2N4O/c1-26-11-13-27(14-12-26)21-4-2-3-20(25-21)22(29)28-9-7-16(8-10-28)18-15-17(23)5-6-19(18)24/h2-6,15-16H,7-14H2,1H3. The molecule has 1 aromatic carbocycles. The zero-order chi connectivity index (χ0) is 20.4. The second-order valence-electron chi connectivity index (χ2n) is 7.90. The maximum atomic E-state index is 14.1. The minimum atomic E-state index is -0.426. The lowest BCUT2D eigenvalue weighted by atomic mass is 9.89. The molecule has 7 heteroatoms. The van der Waals surface area contributed by atoms with Crippen LogP contribution in [0.2, 0.25) is 0 Å². The van der Waals surface area contributed by atoms with Gasteiger partial charge in [-0.15, -0.1) is 0 Å². The molecule has 29 heavy (non-hydrogen) atoms. The first-order valence-corrected chi connectivity index (χ1v) is 10.2. The smallest absolute Gasteiger partial charge is 0.272 e. The van der Waals surface area contributed by atoms with E-state index in [1.54, 1.807) is 11.0 Å². The number of nitrogens with zero attached hydrogens (tertiary/aromatic N) is 4. The normalized spacial score (nSPS) is 18.9. The number of likely N-dealkylation sites (tertiary alicyclic amines) is 1. The summed E-state index contributed by atoms with van der Waals surface area (Å²) in [5.74, 6) is -0.137. The summed E-state index contributed by atoms with van der Waals surface area (Å²) in [5.41, 5.74) is 0.851. The summed E-state index contributed by atoms with van der Waals surface area (Å²) >= 11 is 0. The highest BCUT2D eigenvalue weighted by Gasteiger charge is 2.27. The second-order valence-corrected chi connectivity index (χ2v) is 7.90. The van der Waals surface area contributed by atoms with Crippen molar-refractivity contribution in [3.63, 3.8) is 0 Å². The van der Waals surface area contributed by atoms with E-state index in [2.05, 4.69) is 21.8 Å². The molecule has 2 fully saturated rings. The Balaban J connectivity index is 1.41. The number of carbonyl (C=O) groups excluding carboxylic acids is 1. The SMILES string of the molecule is CN1CCN(c2cccc(C(=O)N3CCC(c4cc(F)ccc4F)CC3)n2)CC1. The molecule has 5 nitrogen and oxygen atoms in total. The fourth-order valence-corrected chi connectivity index (χ4v) is 4.14. The van der Waals surface area contributed by atoms with Crippen LogP contribution in [0.4, 0.5) is 14.6 Å². The molecule has 4 rings (SSSR count). The van der Waals surface area contributed by atoms with Gasteiger partial charge in [0, 0.05) is 39.3 Å². The Kier molecular flexibility index (Phi) is 5.76. The van der Waals surface area contributed by atoms with Crippen molar-refractivity contribution in [1.82, 2.24) is 14.8 Å². The lowest BCUT2D eigenvalue weighted by Gasteiger charge is -2.34. The zero-order valence-electron chi connectivity index (χ0n) is 16.7. The van der Waals surface area contributed by atoms with Crippen LogP contribution in [0.1, 0.15) is 34.8 Å². The lowest BCUT2D eigenvalue weighted by Crippen LogP contribution is -2.45. The third-order valence-corrected chi connectivity index (χ3v) is 5.96. The van der Waals surface area contributed by atoms with Crippen LogP contribution in [0, 0.1) is 11.6 Å². The van der Waals surface area contributed by atoms with E-state index in [4.69, 9.17) is 0 Å². The van der Waals surface area contributed by atoms with Gasteiger partial charge in [0.1, 0.15) is 23.1 Å². The minimum absolute atomic E-state index is 0.0700. The molecule has 154 valence electrons. The van der Waals surface area contributed by atoms with Crippen LogP contribution in [0.15, 0.2) is 36.4 Å². The fraction of sp³-hybridized carbons (Fsp3) is 0.455. The van der Waals surface area contributed by atoms with Gasteiger partial charge in [-0.05, 0) is 61.7 Å². The molecule has 1 aromatic heterocycles. The van der Waals surface area contributed by atoms with Crippen molar-refractivity contribution in [3.05, 3.63) is 59.3 Å². The van der Waals surface area contributed by atoms with Gasteiger partial charge in [0.2, 0.25) is 0 Å². The zero-order valence-corrected chi connectivity index (χ0v) is 16.7. The lowest BCUT2D eigenvalue weighted by molar-refractivity contribution is 0.0706. The molecule has 2 aliphatic rings. The van der Waals surface area contributed by atoms with Gasteiger partial charge in [-0.25, -0.2) is 13.8 Å². The summed E-state index contributed by atoms with van der Waals surface area (Å²) in [5, 5.41) is 0. The Labute approximate surface area is 169 Å². The Morgan fingerprint density at radius 1 is 1.00 bits per heavy atom. The van der Waals surface area contributed by atoms with E-state index < -0.39 is 5.82 Å². The number of piperidine rings is 1. The Bertz CT molecular complexity index is 875.